The zero-order valence-electron chi connectivity index (χ0n) is 14.7. The minimum atomic E-state index is -0.551. The Kier molecular flexibility index (Phi) is 6.22. The molecule has 1 aromatic carbocycles. The standard InChI is InChI=1S/C18H21BrN4O4/c19-12-2-3-13-14(10-12)17(26)23(16(13)25)9-1-6-21-18(27)22-15(24)11-4-7-20-8-5-11/h2-3,10-11,20H,1,4-9H2,(H2,21,22,24,27). The molecule has 5 amide bonds. The number of nitrogens with zero attached hydrogens (tertiary/aromatic N) is 1. The van der Waals surface area contributed by atoms with E-state index in [-0.39, 0.29) is 36.7 Å². The molecule has 0 bridgehead atoms. The van der Waals surface area contributed by atoms with Crippen molar-refractivity contribution in [1.29, 1.82) is 0 Å². The van der Waals surface area contributed by atoms with E-state index in [0.29, 0.717) is 17.5 Å². The first-order valence-electron chi connectivity index (χ1n) is 8.92. The zero-order chi connectivity index (χ0) is 19.4. The third kappa shape index (κ3) is 4.54. The van der Waals surface area contributed by atoms with Crippen molar-refractivity contribution in [2.24, 2.45) is 5.92 Å². The monoisotopic (exact) mass is 436 g/mol. The lowest BCUT2D eigenvalue weighted by Gasteiger charge is -2.21. The number of carbonyl (C=O) groups excluding carboxylic acids is 4. The summed E-state index contributed by atoms with van der Waals surface area (Å²) in [4.78, 5) is 49.6. The van der Waals surface area contributed by atoms with Crippen LogP contribution in [0.15, 0.2) is 22.7 Å². The summed E-state index contributed by atoms with van der Waals surface area (Å²) in [6, 6.07) is 4.43. The third-order valence-corrected chi connectivity index (χ3v) is 5.22. The smallest absolute Gasteiger partial charge is 0.321 e. The van der Waals surface area contributed by atoms with Crippen LogP contribution in [0, 0.1) is 5.92 Å². The average molecular weight is 437 g/mol. The van der Waals surface area contributed by atoms with E-state index in [0.717, 1.165) is 30.4 Å². The summed E-state index contributed by atoms with van der Waals surface area (Å²) < 4.78 is 0.737. The van der Waals surface area contributed by atoms with Gasteiger partial charge in [0.2, 0.25) is 5.91 Å². The maximum Gasteiger partial charge on any atom is 0.321 e. The van der Waals surface area contributed by atoms with Gasteiger partial charge in [-0.2, -0.15) is 0 Å². The van der Waals surface area contributed by atoms with Gasteiger partial charge >= 0.3 is 6.03 Å². The molecule has 0 saturated carbocycles. The minimum absolute atomic E-state index is 0.144. The summed E-state index contributed by atoms with van der Waals surface area (Å²) in [5.41, 5.74) is 0.772. The molecule has 9 heteroatoms. The molecule has 1 fully saturated rings. The number of carbonyl (C=O) groups is 4. The van der Waals surface area contributed by atoms with Gasteiger partial charge in [-0.1, -0.05) is 15.9 Å². The van der Waals surface area contributed by atoms with Gasteiger partial charge in [-0.15, -0.1) is 0 Å². The third-order valence-electron chi connectivity index (χ3n) is 4.72. The number of piperidine rings is 1. The molecule has 3 rings (SSSR count). The predicted molar refractivity (Wildman–Crippen MR) is 101 cm³/mol. The Labute approximate surface area is 165 Å². The van der Waals surface area contributed by atoms with Crippen LogP contribution in [0.1, 0.15) is 40.0 Å². The summed E-state index contributed by atoms with van der Waals surface area (Å²) >= 11 is 3.29. The van der Waals surface area contributed by atoms with Gasteiger partial charge in [-0.3, -0.25) is 24.6 Å². The Morgan fingerprint density at radius 3 is 2.59 bits per heavy atom. The SMILES string of the molecule is O=C(NCCCN1C(=O)c2ccc(Br)cc2C1=O)NC(=O)C1CCNCC1. The maximum absolute atomic E-state index is 12.3. The fourth-order valence-corrected chi connectivity index (χ4v) is 3.61. The topological polar surface area (TPSA) is 108 Å². The van der Waals surface area contributed by atoms with Crippen LogP contribution >= 0.6 is 15.9 Å². The number of fused-ring (bicyclic) bond motifs is 1. The molecule has 2 aliphatic rings. The Morgan fingerprint density at radius 2 is 1.85 bits per heavy atom. The van der Waals surface area contributed by atoms with Gasteiger partial charge in [-0.25, -0.2) is 4.79 Å². The summed E-state index contributed by atoms with van der Waals surface area (Å²) in [6.45, 7) is 2.00. The molecule has 1 saturated heterocycles. The van der Waals surface area contributed by atoms with Crippen molar-refractivity contribution < 1.29 is 19.2 Å². The van der Waals surface area contributed by atoms with Crippen molar-refractivity contribution in [3.05, 3.63) is 33.8 Å². The number of imide groups is 2. The molecule has 0 unspecified atom stereocenters. The Morgan fingerprint density at radius 1 is 1.15 bits per heavy atom. The number of nitrogens with one attached hydrogen (secondary N) is 3. The minimum Gasteiger partial charge on any atom is -0.338 e. The van der Waals surface area contributed by atoms with Crippen LogP contribution in [0.3, 0.4) is 0 Å². The Hall–Kier alpha value is -2.26. The molecule has 0 aromatic heterocycles. The summed E-state index contributed by atoms with van der Waals surface area (Å²) in [6.07, 6.45) is 1.84. The number of hydrogen-bond acceptors (Lipinski definition) is 5. The van der Waals surface area contributed by atoms with Crippen molar-refractivity contribution >= 4 is 39.7 Å². The summed E-state index contributed by atoms with van der Waals surface area (Å²) in [5.74, 6) is -1.07. The highest BCUT2D eigenvalue weighted by Crippen LogP contribution is 2.25. The molecule has 2 heterocycles. The van der Waals surface area contributed by atoms with Crippen LogP contribution in [-0.4, -0.2) is 54.8 Å². The van der Waals surface area contributed by atoms with Crippen molar-refractivity contribution in [3.8, 4) is 0 Å². The fourth-order valence-electron chi connectivity index (χ4n) is 3.25. The van der Waals surface area contributed by atoms with E-state index in [1.807, 2.05) is 0 Å². The Bertz CT molecular complexity index is 777. The van der Waals surface area contributed by atoms with Gasteiger partial charge in [0.25, 0.3) is 11.8 Å². The van der Waals surface area contributed by atoms with Crippen LogP contribution in [0.4, 0.5) is 4.79 Å². The number of hydrogen-bond donors (Lipinski definition) is 3. The lowest BCUT2D eigenvalue weighted by atomic mass is 9.97. The number of halogens is 1. The van der Waals surface area contributed by atoms with Crippen LogP contribution in [0.2, 0.25) is 0 Å². The molecular formula is C18H21BrN4O4. The number of benzene rings is 1. The first-order valence-corrected chi connectivity index (χ1v) is 9.72. The molecule has 2 aliphatic heterocycles. The van der Waals surface area contributed by atoms with E-state index < -0.39 is 6.03 Å². The molecule has 0 radical (unpaired) electrons. The van der Waals surface area contributed by atoms with Gasteiger partial charge < -0.3 is 10.6 Å². The zero-order valence-corrected chi connectivity index (χ0v) is 16.3. The van der Waals surface area contributed by atoms with Crippen molar-refractivity contribution in [2.45, 2.75) is 19.3 Å². The predicted octanol–water partition coefficient (Wildman–Crippen LogP) is 1.26. The molecule has 144 valence electrons. The molecular weight excluding hydrogens is 416 g/mol. The second-order valence-corrected chi connectivity index (χ2v) is 7.49. The molecule has 0 spiro atoms. The molecule has 0 aliphatic carbocycles. The van der Waals surface area contributed by atoms with Gasteiger partial charge in [0.1, 0.15) is 0 Å². The lowest BCUT2D eigenvalue weighted by molar-refractivity contribution is -0.124. The quantitative estimate of drug-likeness (QED) is 0.475. The highest BCUT2D eigenvalue weighted by atomic mass is 79.9. The summed E-state index contributed by atoms with van der Waals surface area (Å²) in [5, 5.41) is 8.11. The first kappa shape index (κ1) is 19.5. The van der Waals surface area contributed by atoms with Gasteiger partial charge in [0.15, 0.2) is 0 Å². The van der Waals surface area contributed by atoms with Gasteiger partial charge in [-0.05, 0) is 50.6 Å². The second-order valence-electron chi connectivity index (χ2n) is 6.57. The van der Waals surface area contributed by atoms with Gasteiger partial charge in [0.05, 0.1) is 11.1 Å². The van der Waals surface area contributed by atoms with Crippen molar-refractivity contribution in [3.63, 3.8) is 0 Å². The van der Waals surface area contributed by atoms with Crippen molar-refractivity contribution in [1.82, 2.24) is 20.9 Å². The number of urea groups is 1. The molecule has 27 heavy (non-hydrogen) atoms. The van der Waals surface area contributed by atoms with E-state index >= 15 is 0 Å². The first-order chi connectivity index (χ1) is 13.0. The molecule has 3 N–H and O–H groups in total. The van der Waals surface area contributed by atoms with E-state index in [9.17, 15) is 19.2 Å². The van der Waals surface area contributed by atoms with E-state index in [2.05, 4.69) is 31.9 Å². The van der Waals surface area contributed by atoms with Crippen LogP contribution in [0.5, 0.6) is 0 Å². The lowest BCUT2D eigenvalue weighted by Crippen LogP contribution is -2.45. The normalized spacial score (nSPS) is 17.0. The molecule has 8 nitrogen and oxygen atoms in total. The fraction of sp³-hybridized carbons (Fsp3) is 0.444. The second kappa shape index (κ2) is 8.62. The van der Waals surface area contributed by atoms with Crippen LogP contribution < -0.4 is 16.0 Å². The van der Waals surface area contributed by atoms with Crippen LogP contribution in [-0.2, 0) is 4.79 Å². The maximum atomic E-state index is 12.3. The van der Waals surface area contributed by atoms with Gasteiger partial charge in [0, 0.05) is 23.5 Å². The van der Waals surface area contributed by atoms with Crippen LogP contribution in [0.25, 0.3) is 0 Å². The average Bonchev–Trinajstić information content (AvgIpc) is 2.89. The van der Waals surface area contributed by atoms with E-state index in [4.69, 9.17) is 0 Å². The molecule has 1 aromatic rings. The molecule has 0 atom stereocenters. The largest absolute Gasteiger partial charge is 0.338 e. The van der Waals surface area contributed by atoms with Crippen molar-refractivity contribution in [2.75, 3.05) is 26.2 Å². The summed E-state index contributed by atoms with van der Waals surface area (Å²) in [7, 11) is 0. The number of amides is 5. The van der Waals surface area contributed by atoms with E-state index in [1.165, 1.54) is 4.90 Å². The highest BCUT2D eigenvalue weighted by molar-refractivity contribution is 9.10. The Balaban J connectivity index is 1.41. The highest BCUT2D eigenvalue weighted by Gasteiger charge is 2.35. The van der Waals surface area contributed by atoms with E-state index in [1.54, 1.807) is 18.2 Å². The number of rotatable bonds is 5.